The standard InChI is InChI=1S/C12H13Cl2NO3/c13-8-2-1-7(9(14)4-8)3-12(18)15-5-10(16)11(17)6-15/h1-2,4,10-11,16-17H,3,5-6H2/t10-,11+. The van der Waals surface area contributed by atoms with Crippen molar-refractivity contribution in [1.29, 1.82) is 0 Å². The summed E-state index contributed by atoms with van der Waals surface area (Å²) >= 11 is 11.8. The molecule has 0 unspecified atom stereocenters. The highest BCUT2D eigenvalue weighted by molar-refractivity contribution is 6.35. The number of amides is 1. The fourth-order valence-electron chi connectivity index (χ4n) is 1.91. The maximum absolute atomic E-state index is 12.0. The van der Waals surface area contributed by atoms with Crippen LogP contribution in [0.15, 0.2) is 18.2 Å². The molecule has 0 saturated carbocycles. The van der Waals surface area contributed by atoms with Crippen molar-refractivity contribution in [2.45, 2.75) is 18.6 Å². The van der Waals surface area contributed by atoms with Gasteiger partial charge in [-0.15, -0.1) is 0 Å². The predicted octanol–water partition coefficient (Wildman–Crippen LogP) is 1.10. The van der Waals surface area contributed by atoms with Crippen molar-refractivity contribution >= 4 is 29.1 Å². The van der Waals surface area contributed by atoms with Crippen LogP contribution in [0, 0.1) is 0 Å². The number of rotatable bonds is 2. The first-order chi connectivity index (χ1) is 8.47. The van der Waals surface area contributed by atoms with Crippen molar-refractivity contribution in [1.82, 2.24) is 4.90 Å². The van der Waals surface area contributed by atoms with Crippen molar-refractivity contribution < 1.29 is 15.0 Å². The number of hydrogen-bond acceptors (Lipinski definition) is 3. The van der Waals surface area contributed by atoms with Gasteiger partial charge in [-0.3, -0.25) is 4.79 Å². The number of likely N-dealkylation sites (tertiary alicyclic amines) is 1. The molecule has 0 aliphatic carbocycles. The smallest absolute Gasteiger partial charge is 0.227 e. The summed E-state index contributed by atoms with van der Waals surface area (Å²) in [7, 11) is 0. The van der Waals surface area contributed by atoms with Crippen molar-refractivity contribution in [3.8, 4) is 0 Å². The minimum atomic E-state index is -0.866. The van der Waals surface area contributed by atoms with Gasteiger partial charge in [0.1, 0.15) is 0 Å². The first-order valence-electron chi connectivity index (χ1n) is 5.55. The third-order valence-corrected chi connectivity index (χ3v) is 3.56. The highest BCUT2D eigenvalue weighted by Crippen LogP contribution is 2.22. The molecular weight excluding hydrogens is 277 g/mol. The number of β-amino-alcohol motifs (C(OH)–C–C–N with tert-alkyl or cyclic N) is 2. The van der Waals surface area contributed by atoms with Crippen molar-refractivity contribution in [2.24, 2.45) is 0 Å². The van der Waals surface area contributed by atoms with E-state index in [9.17, 15) is 15.0 Å². The number of hydrogen-bond donors (Lipinski definition) is 2. The van der Waals surface area contributed by atoms with E-state index in [2.05, 4.69) is 0 Å². The van der Waals surface area contributed by atoms with Crippen LogP contribution in [0.5, 0.6) is 0 Å². The molecule has 0 spiro atoms. The maximum Gasteiger partial charge on any atom is 0.227 e. The molecule has 98 valence electrons. The second-order valence-corrected chi connectivity index (χ2v) is 5.19. The molecule has 1 aliphatic rings. The van der Waals surface area contributed by atoms with E-state index in [4.69, 9.17) is 23.2 Å². The Kier molecular flexibility index (Phi) is 4.12. The Bertz CT molecular complexity index is 457. The lowest BCUT2D eigenvalue weighted by Crippen LogP contribution is -2.31. The van der Waals surface area contributed by atoms with Crippen LogP contribution < -0.4 is 0 Å². The van der Waals surface area contributed by atoms with Crippen molar-refractivity contribution in [3.05, 3.63) is 33.8 Å². The van der Waals surface area contributed by atoms with E-state index in [1.54, 1.807) is 18.2 Å². The second kappa shape index (κ2) is 5.45. The average Bonchev–Trinajstić information content (AvgIpc) is 2.63. The fraction of sp³-hybridized carbons (Fsp3) is 0.417. The number of halogens is 2. The summed E-state index contributed by atoms with van der Waals surface area (Å²) in [5.41, 5.74) is 0.682. The number of aliphatic hydroxyl groups is 2. The molecule has 1 aromatic carbocycles. The zero-order chi connectivity index (χ0) is 13.3. The summed E-state index contributed by atoms with van der Waals surface area (Å²) in [6.07, 6.45) is -1.60. The van der Waals surface area contributed by atoms with Gasteiger partial charge in [0.15, 0.2) is 0 Å². The molecule has 0 bridgehead atoms. The van der Waals surface area contributed by atoms with Gasteiger partial charge >= 0.3 is 0 Å². The van der Waals surface area contributed by atoms with Crippen LogP contribution >= 0.6 is 23.2 Å². The van der Waals surface area contributed by atoms with Crippen molar-refractivity contribution in [3.63, 3.8) is 0 Å². The summed E-state index contributed by atoms with van der Waals surface area (Å²) in [4.78, 5) is 13.4. The molecular formula is C12H13Cl2NO3. The minimum absolute atomic E-state index is 0.134. The van der Waals surface area contributed by atoms with Gasteiger partial charge in [0.05, 0.1) is 18.6 Å². The van der Waals surface area contributed by atoms with Crippen LogP contribution in [0.1, 0.15) is 5.56 Å². The highest BCUT2D eigenvalue weighted by atomic mass is 35.5. The molecule has 2 atom stereocenters. The van der Waals surface area contributed by atoms with Gasteiger partial charge in [0.25, 0.3) is 0 Å². The van der Waals surface area contributed by atoms with Gasteiger partial charge in [-0.2, -0.15) is 0 Å². The molecule has 2 rings (SSSR count). The summed E-state index contributed by atoms with van der Waals surface area (Å²) < 4.78 is 0. The maximum atomic E-state index is 12.0. The van der Waals surface area contributed by atoms with E-state index >= 15 is 0 Å². The second-order valence-electron chi connectivity index (χ2n) is 4.35. The molecule has 6 heteroatoms. The summed E-state index contributed by atoms with van der Waals surface area (Å²) in [5.74, 6) is -0.171. The number of nitrogens with zero attached hydrogens (tertiary/aromatic N) is 1. The van der Waals surface area contributed by atoms with Gasteiger partial charge in [0, 0.05) is 23.1 Å². The highest BCUT2D eigenvalue weighted by Gasteiger charge is 2.32. The normalized spacial score (nSPS) is 23.4. The summed E-state index contributed by atoms with van der Waals surface area (Å²) in [6.45, 7) is 0.316. The fourth-order valence-corrected chi connectivity index (χ4v) is 2.39. The van der Waals surface area contributed by atoms with Crippen LogP contribution in [0.4, 0.5) is 0 Å². The molecule has 0 radical (unpaired) electrons. The Morgan fingerprint density at radius 1 is 1.28 bits per heavy atom. The molecule has 1 amide bonds. The van der Waals surface area contributed by atoms with Gasteiger partial charge < -0.3 is 15.1 Å². The van der Waals surface area contributed by atoms with Gasteiger partial charge in [-0.05, 0) is 17.7 Å². The van der Waals surface area contributed by atoms with Gasteiger partial charge in [0.2, 0.25) is 5.91 Å². The quantitative estimate of drug-likeness (QED) is 0.857. The first kappa shape index (κ1) is 13.6. The number of benzene rings is 1. The molecule has 1 saturated heterocycles. The molecule has 18 heavy (non-hydrogen) atoms. The Labute approximate surface area is 115 Å². The van der Waals surface area contributed by atoms with E-state index in [1.807, 2.05) is 0 Å². The lowest BCUT2D eigenvalue weighted by Gasteiger charge is -2.15. The summed E-state index contributed by atoms with van der Waals surface area (Å²) in [6, 6.07) is 4.95. The topological polar surface area (TPSA) is 60.8 Å². The molecule has 1 fully saturated rings. The first-order valence-corrected chi connectivity index (χ1v) is 6.31. The van der Waals surface area contributed by atoms with Gasteiger partial charge in [-0.1, -0.05) is 29.3 Å². The third kappa shape index (κ3) is 2.95. The van der Waals surface area contributed by atoms with E-state index in [-0.39, 0.29) is 25.4 Å². The summed E-state index contributed by atoms with van der Waals surface area (Å²) in [5, 5.41) is 19.7. The zero-order valence-electron chi connectivity index (χ0n) is 9.51. The number of carbonyl (C=O) groups is 1. The van der Waals surface area contributed by atoms with Crippen LogP contribution in [0.3, 0.4) is 0 Å². The number of carbonyl (C=O) groups excluding carboxylic acids is 1. The van der Waals surface area contributed by atoms with Crippen LogP contribution in [-0.4, -0.2) is 46.3 Å². The van der Waals surface area contributed by atoms with Crippen LogP contribution in [-0.2, 0) is 11.2 Å². The Morgan fingerprint density at radius 3 is 2.44 bits per heavy atom. The Morgan fingerprint density at radius 2 is 1.89 bits per heavy atom. The van der Waals surface area contributed by atoms with Crippen LogP contribution in [0.2, 0.25) is 10.0 Å². The molecule has 2 N–H and O–H groups in total. The Hall–Kier alpha value is -0.810. The van der Waals surface area contributed by atoms with Crippen LogP contribution in [0.25, 0.3) is 0 Å². The van der Waals surface area contributed by atoms with E-state index < -0.39 is 12.2 Å². The van der Waals surface area contributed by atoms with E-state index in [0.717, 1.165) is 0 Å². The Balaban J connectivity index is 2.03. The zero-order valence-corrected chi connectivity index (χ0v) is 11.0. The molecule has 0 aromatic heterocycles. The lowest BCUT2D eigenvalue weighted by molar-refractivity contribution is -0.129. The van der Waals surface area contributed by atoms with E-state index in [1.165, 1.54) is 4.90 Å². The molecule has 4 nitrogen and oxygen atoms in total. The largest absolute Gasteiger partial charge is 0.388 e. The minimum Gasteiger partial charge on any atom is -0.388 e. The lowest BCUT2D eigenvalue weighted by atomic mass is 10.1. The average molecular weight is 290 g/mol. The van der Waals surface area contributed by atoms with E-state index in [0.29, 0.717) is 15.6 Å². The van der Waals surface area contributed by atoms with Crippen molar-refractivity contribution in [2.75, 3.05) is 13.1 Å². The van der Waals surface area contributed by atoms with Gasteiger partial charge in [-0.25, -0.2) is 0 Å². The number of aliphatic hydroxyl groups excluding tert-OH is 2. The predicted molar refractivity (Wildman–Crippen MR) is 68.8 cm³/mol. The monoisotopic (exact) mass is 289 g/mol. The molecule has 1 aromatic rings. The molecule has 1 aliphatic heterocycles. The third-order valence-electron chi connectivity index (χ3n) is 2.97. The molecule has 1 heterocycles. The SMILES string of the molecule is O=C(Cc1ccc(Cl)cc1Cl)N1C[C@@H](O)[C@@H](O)C1.